The largest absolute Gasteiger partial charge is 0.435 e. The van der Waals surface area contributed by atoms with E-state index < -0.39 is 17.8 Å². The lowest BCUT2D eigenvalue weighted by Gasteiger charge is -2.09. The maximum Gasteiger partial charge on any atom is 0.435 e. The van der Waals surface area contributed by atoms with Crippen molar-refractivity contribution in [1.82, 2.24) is 19.3 Å². The summed E-state index contributed by atoms with van der Waals surface area (Å²) >= 11 is 0. The molecule has 0 saturated heterocycles. The van der Waals surface area contributed by atoms with Gasteiger partial charge in [0, 0.05) is 24.5 Å². The highest BCUT2D eigenvalue weighted by atomic mass is 19.4. The Balaban J connectivity index is 1.65. The summed E-state index contributed by atoms with van der Waals surface area (Å²) in [5, 5.41) is 6.38. The van der Waals surface area contributed by atoms with E-state index in [9.17, 15) is 22.8 Å². The van der Waals surface area contributed by atoms with Crippen molar-refractivity contribution in [3.63, 3.8) is 0 Å². The van der Waals surface area contributed by atoms with Crippen LogP contribution in [0.1, 0.15) is 51.1 Å². The van der Waals surface area contributed by atoms with Crippen LogP contribution in [0.4, 0.5) is 18.9 Å². The molecule has 2 aromatic heterocycles. The zero-order valence-corrected chi connectivity index (χ0v) is 16.2. The number of rotatable bonds is 5. The summed E-state index contributed by atoms with van der Waals surface area (Å²) in [6.45, 7) is 1.73. The molecule has 156 valence electrons. The van der Waals surface area contributed by atoms with Crippen LogP contribution >= 0.6 is 0 Å². The van der Waals surface area contributed by atoms with Crippen molar-refractivity contribution in [1.29, 1.82) is 0 Å². The molecule has 1 fully saturated rings. The Morgan fingerprint density at radius 3 is 2.63 bits per heavy atom. The zero-order valence-electron chi connectivity index (χ0n) is 16.2. The normalized spacial score (nSPS) is 14.0. The second-order valence-corrected chi connectivity index (χ2v) is 7.27. The van der Waals surface area contributed by atoms with E-state index in [0.29, 0.717) is 23.1 Å². The van der Waals surface area contributed by atoms with Gasteiger partial charge in [-0.3, -0.25) is 14.3 Å². The molecule has 4 rings (SSSR count). The number of aryl methyl sites for hydroxylation is 1. The number of alkyl halides is 3. The third-order valence-corrected chi connectivity index (χ3v) is 5.04. The summed E-state index contributed by atoms with van der Waals surface area (Å²) in [6.07, 6.45) is 0.269. The minimum absolute atomic E-state index is 0.0200. The molecule has 0 unspecified atom stereocenters. The van der Waals surface area contributed by atoms with Crippen molar-refractivity contribution in [2.45, 2.75) is 32.0 Å². The van der Waals surface area contributed by atoms with Gasteiger partial charge in [-0.1, -0.05) is 0 Å². The molecule has 1 aromatic carbocycles. The molecule has 0 spiro atoms. The Morgan fingerprint density at radius 2 is 2.03 bits per heavy atom. The van der Waals surface area contributed by atoms with Crippen LogP contribution in [0.25, 0.3) is 11.3 Å². The molecule has 1 saturated carbocycles. The lowest BCUT2D eigenvalue weighted by molar-refractivity contribution is -0.141. The number of hydrogen-bond donors (Lipinski definition) is 1. The zero-order chi connectivity index (χ0) is 21.6. The number of nitrogens with zero attached hydrogens (tertiary/aromatic N) is 4. The fourth-order valence-electron chi connectivity index (χ4n) is 3.26. The molecule has 30 heavy (non-hydrogen) atoms. The van der Waals surface area contributed by atoms with Crippen LogP contribution in [0, 0.1) is 6.92 Å². The Bertz CT molecular complexity index is 1140. The highest BCUT2D eigenvalue weighted by molar-refractivity contribution is 6.02. The number of nitrogens with one attached hydrogen (secondary N) is 1. The van der Waals surface area contributed by atoms with E-state index in [2.05, 4.69) is 15.4 Å². The summed E-state index contributed by atoms with van der Waals surface area (Å²) in [7, 11) is 1.48. The molecule has 10 heteroatoms. The Morgan fingerprint density at radius 1 is 1.30 bits per heavy atom. The summed E-state index contributed by atoms with van der Waals surface area (Å²) in [5.74, 6) is -0.625. The van der Waals surface area contributed by atoms with Crippen LogP contribution in [-0.2, 0) is 13.2 Å². The number of carbonyl (C=O) groups is 2. The Labute approximate surface area is 169 Å². The van der Waals surface area contributed by atoms with Gasteiger partial charge < -0.3 is 9.88 Å². The van der Waals surface area contributed by atoms with Crippen molar-refractivity contribution >= 4 is 17.9 Å². The number of carbonyl (C=O) groups excluding carboxylic acids is 2. The second-order valence-electron chi connectivity index (χ2n) is 7.27. The average molecular weight is 417 g/mol. The van der Waals surface area contributed by atoms with Gasteiger partial charge in [-0.2, -0.15) is 18.3 Å². The summed E-state index contributed by atoms with van der Waals surface area (Å²) < 4.78 is 43.2. The number of aldehydes is 1. The molecule has 7 nitrogen and oxygen atoms in total. The standard InChI is InChI=1S/C20H18F3N5O2/c1-11-7-13(4-3-12(11)10-29)25-19(30)18-24-8-16(27(18)2)15-9-28(14-5-6-14)26-17(15)20(21,22)23/h3-4,7-10,14H,5-6H2,1-2H3,(H,25,30). The monoisotopic (exact) mass is 417 g/mol. The van der Waals surface area contributed by atoms with Crippen LogP contribution in [0.5, 0.6) is 0 Å². The molecule has 1 aliphatic carbocycles. The average Bonchev–Trinajstić information content (AvgIpc) is 3.30. The van der Waals surface area contributed by atoms with Gasteiger partial charge in [0.25, 0.3) is 5.91 Å². The van der Waals surface area contributed by atoms with Crippen LogP contribution in [0.2, 0.25) is 0 Å². The predicted octanol–water partition coefficient (Wildman–Crippen LogP) is 4.01. The number of imidazole rings is 1. The van der Waals surface area contributed by atoms with Crippen molar-refractivity contribution in [2.75, 3.05) is 5.32 Å². The van der Waals surface area contributed by atoms with Crippen LogP contribution in [0.3, 0.4) is 0 Å². The van der Waals surface area contributed by atoms with Gasteiger partial charge >= 0.3 is 6.18 Å². The van der Waals surface area contributed by atoms with Crippen molar-refractivity contribution in [2.24, 2.45) is 7.05 Å². The van der Waals surface area contributed by atoms with Gasteiger partial charge in [0.2, 0.25) is 0 Å². The lowest BCUT2D eigenvalue weighted by Crippen LogP contribution is -2.17. The molecule has 0 aliphatic heterocycles. The quantitative estimate of drug-likeness (QED) is 0.636. The molecule has 0 bridgehead atoms. The van der Waals surface area contributed by atoms with Crippen molar-refractivity contribution in [3.05, 3.63) is 53.2 Å². The number of anilines is 1. The summed E-state index contributed by atoms with van der Waals surface area (Å²) in [4.78, 5) is 27.6. The number of hydrogen-bond acceptors (Lipinski definition) is 4. The lowest BCUT2D eigenvalue weighted by atomic mass is 10.1. The number of halogens is 3. The molecule has 1 N–H and O–H groups in total. The van der Waals surface area contributed by atoms with Crippen LogP contribution in [-0.4, -0.2) is 31.5 Å². The first kappa shape index (κ1) is 19.9. The van der Waals surface area contributed by atoms with Gasteiger partial charge in [-0.15, -0.1) is 0 Å². The number of benzene rings is 1. The van der Waals surface area contributed by atoms with E-state index in [0.717, 1.165) is 12.8 Å². The first-order valence-corrected chi connectivity index (χ1v) is 9.24. The smallest absolute Gasteiger partial charge is 0.323 e. The predicted molar refractivity (Wildman–Crippen MR) is 102 cm³/mol. The molecule has 0 atom stereocenters. The van der Waals surface area contributed by atoms with Crippen molar-refractivity contribution < 1.29 is 22.8 Å². The van der Waals surface area contributed by atoms with Crippen molar-refractivity contribution in [3.8, 4) is 11.3 Å². The summed E-state index contributed by atoms with van der Waals surface area (Å²) in [6, 6.07) is 4.75. The number of aromatic nitrogens is 4. The number of amides is 1. The van der Waals surface area contributed by atoms with Crippen LogP contribution < -0.4 is 5.32 Å². The molecule has 1 amide bonds. The third-order valence-electron chi connectivity index (χ3n) is 5.04. The topological polar surface area (TPSA) is 81.8 Å². The SMILES string of the molecule is Cc1cc(NC(=O)c2ncc(-c3cn(C4CC4)nc3C(F)(F)F)n2C)ccc1C=O. The Kier molecular flexibility index (Phi) is 4.71. The van der Waals surface area contributed by atoms with E-state index in [-0.39, 0.29) is 23.1 Å². The highest BCUT2D eigenvalue weighted by Crippen LogP contribution is 2.40. The van der Waals surface area contributed by atoms with Gasteiger partial charge in [0.1, 0.15) is 6.29 Å². The van der Waals surface area contributed by atoms with Crippen LogP contribution in [0.15, 0.2) is 30.6 Å². The van der Waals surface area contributed by atoms with E-state index in [1.54, 1.807) is 25.1 Å². The molecule has 3 aromatic rings. The van der Waals surface area contributed by atoms with Gasteiger partial charge in [0.15, 0.2) is 11.5 Å². The van der Waals surface area contributed by atoms with Gasteiger partial charge in [-0.05, 0) is 43.5 Å². The molecule has 2 heterocycles. The highest BCUT2D eigenvalue weighted by Gasteiger charge is 2.40. The molecule has 1 aliphatic rings. The molecular formula is C20H18F3N5O2. The van der Waals surface area contributed by atoms with E-state index >= 15 is 0 Å². The van der Waals surface area contributed by atoms with E-state index in [4.69, 9.17) is 0 Å². The minimum Gasteiger partial charge on any atom is -0.323 e. The first-order chi connectivity index (χ1) is 14.2. The third kappa shape index (κ3) is 3.60. The van der Waals surface area contributed by atoms with E-state index in [1.165, 1.54) is 28.7 Å². The minimum atomic E-state index is -4.62. The van der Waals surface area contributed by atoms with E-state index in [1.807, 2.05) is 0 Å². The fourth-order valence-corrected chi connectivity index (χ4v) is 3.26. The maximum absolute atomic E-state index is 13.5. The second kappa shape index (κ2) is 7.12. The summed E-state index contributed by atoms with van der Waals surface area (Å²) in [5.41, 5.74) is 0.668. The van der Waals surface area contributed by atoms with Gasteiger partial charge in [0.05, 0.1) is 23.5 Å². The molecule has 0 radical (unpaired) electrons. The molecular weight excluding hydrogens is 399 g/mol. The Hall–Kier alpha value is -3.43. The van der Waals surface area contributed by atoms with Gasteiger partial charge in [-0.25, -0.2) is 4.98 Å². The maximum atomic E-state index is 13.5. The first-order valence-electron chi connectivity index (χ1n) is 9.24. The fraction of sp³-hybridized carbons (Fsp3) is 0.300.